The number of rotatable bonds is 6. The molecule has 1 atom stereocenters. The molecule has 1 aromatic carbocycles. The van der Waals surface area contributed by atoms with Crippen molar-refractivity contribution in [2.75, 3.05) is 26.1 Å². The Labute approximate surface area is 151 Å². The zero-order valence-corrected chi connectivity index (χ0v) is 14.9. The first-order valence-electron chi connectivity index (χ1n) is 7.98. The number of esters is 1. The van der Waals surface area contributed by atoms with E-state index in [0.29, 0.717) is 34.3 Å². The molecule has 0 saturated carbocycles. The van der Waals surface area contributed by atoms with E-state index in [1.165, 1.54) is 12.4 Å². The molecule has 0 bridgehead atoms. The molecule has 0 amide bonds. The van der Waals surface area contributed by atoms with Gasteiger partial charge < -0.3 is 19.5 Å². The largest absolute Gasteiger partial charge is 0.497 e. The Hall–Kier alpha value is -3.29. The van der Waals surface area contributed by atoms with Crippen molar-refractivity contribution in [2.45, 2.75) is 13.0 Å². The van der Waals surface area contributed by atoms with Crippen LogP contribution in [0, 0.1) is 0 Å². The molecule has 1 aliphatic heterocycles. The van der Waals surface area contributed by atoms with Crippen LogP contribution in [0.15, 0.2) is 48.5 Å². The van der Waals surface area contributed by atoms with Crippen LogP contribution in [0.4, 0.5) is 5.95 Å². The highest BCUT2D eigenvalue weighted by Crippen LogP contribution is 2.40. The molecule has 8 heteroatoms. The molecule has 1 aromatic heterocycles. The second kappa shape index (κ2) is 7.30. The molecule has 2 aromatic rings. The van der Waals surface area contributed by atoms with E-state index in [4.69, 9.17) is 14.2 Å². The summed E-state index contributed by atoms with van der Waals surface area (Å²) in [7, 11) is 3.15. The van der Waals surface area contributed by atoms with E-state index in [1.807, 2.05) is 6.07 Å². The first kappa shape index (κ1) is 17.5. The van der Waals surface area contributed by atoms with E-state index in [1.54, 1.807) is 38.0 Å². The molecule has 0 radical (unpaired) electrons. The summed E-state index contributed by atoms with van der Waals surface area (Å²) < 4.78 is 17.8. The topological polar surface area (TPSA) is 87.5 Å². The predicted molar refractivity (Wildman–Crippen MR) is 95.2 cm³/mol. The van der Waals surface area contributed by atoms with E-state index in [-0.39, 0.29) is 6.61 Å². The van der Waals surface area contributed by atoms with Gasteiger partial charge in [0.15, 0.2) is 0 Å². The van der Waals surface area contributed by atoms with E-state index in [2.05, 4.69) is 22.0 Å². The van der Waals surface area contributed by atoms with Gasteiger partial charge in [0.2, 0.25) is 5.95 Å². The molecule has 136 valence electrons. The number of allylic oxidation sites excluding steroid dienone is 1. The van der Waals surface area contributed by atoms with Crippen LogP contribution in [-0.4, -0.2) is 41.6 Å². The molecule has 0 spiro atoms. The van der Waals surface area contributed by atoms with Crippen molar-refractivity contribution < 1.29 is 19.0 Å². The molecular formula is C18H20N4O4. The molecule has 0 fully saturated rings. The predicted octanol–water partition coefficient (Wildman–Crippen LogP) is 2.31. The van der Waals surface area contributed by atoms with Gasteiger partial charge in [-0.3, -0.25) is 0 Å². The van der Waals surface area contributed by atoms with Crippen molar-refractivity contribution >= 4 is 11.9 Å². The van der Waals surface area contributed by atoms with Crippen molar-refractivity contribution in [3.8, 4) is 11.5 Å². The minimum atomic E-state index is -0.573. The Morgan fingerprint density at radius 1 is 1.38 bits per heavy atom. The lowest BCUT2D eigenvalue weighted by Gasteiger charge is -2.29. The monoisotopic (exact) mass is 356 g/mol. The number of carbonyl (C=O) groups excluding carboxylic acids is 1. The normalized spacial score (nSPS) is 15.7. The van der Waals surface area contributed by atoms with Gasteiger partial charge in [-0.25, -0.2) is 9.48 Å². The average Bonchev–Trinajstić information content (AvgIpc) is 3.12. The Kier molecular flexibility index (Phi) is 4.92. The van der Waals surface area contributed by atoms with Gasteiger partial charge >= 0.3 is 5.97 Å². The lowest BCUT2D eigenvalue weighted by molar-refractivity contribution is -0.138. The Bertz CT molecular complexity index is 872. The third-order valence-corrected chi connectivity index (χ3v) is 4.08. The van der Waals surface area contributed by atoms with E-state index < -0.39 is 12.0 Å². The first-order valence-corrected chi connectivity index (χ1v) is 7.98. The maximum absolute atomic E-state index is 12.7. The van der Waals surface area contributed by atoms with Crippen molar-refractivity contribution in [1.82, 2.24) is 14.8 Å². The summed E-state index contributed by atoms with van der Waals surface area (Å²) >= 11 is 0. The number of aromatic nitrogens is 3. The maximum atomic E-state index is 12.7. The smallest absolute Gasteiger partial charge is 0.338 e. The van der Waals surface area contributed by atoms with Gasteiger partial charge in [-0.2, -0.15) is 10.1 Å². The van der Waals surface area contributed by atoms with Crippen LogP contribution in [0.3, 0.4) is 0 Å². The van der Waals surface area contributed by atoms with Crippen LogP contribution in [0.25, 0.3) is 0 Å². The van der Waals surface area contributed by atoms with Gasteiger partial charge in [0.05, 0.1) is 19.8 Å². The number of carbonyl (C=O) groups is 1. The zero-order valence-electron chi connectivity index (χ0n) is 14.9. The van der Waals surface area contributed by atoms with Gasteiger partial charge in [0.1, 0.15) is 30.5 Å². The number of hydrogen-bond donors (Lipinski definition) is 1. The third kappa shape index (κ3) is 3.01. The summed E-state index contributed by atoms with van der Waals surface area (Å²) in [6.45, 7) is 5.49. The summed E-state index contributed by atoms with van der Waals surface area (Å²) in [5.41, 5.74) is 1.76. The molecule has 2 heterocycles. The summed E-state index contributed by atoms with van der Waals surface area (Å²) in [6.07, 6.45) is 2.94. The minimum Gasteiger partial charge on any atom is -0.497 e. The van der Waals surface area contributed by atoms with Gasteiger partial charge in [-0.1, -0.05) is 12.7 Å². The van der Waals surface area contributed by atoms with Crippen molar-refractivity contribution in [1.29, 1.82) is 0 Å². The Morgan fingerprint density at radius 2 is 2.19 bits per heavy atom. The summed E-state index contributed by atoms with van der Waals surface area (Å²) in [4.78, 5) is 16.9. The molecule has 1 unspecified atom stereocenters. The van der Waals surface area contributed by atoms with Gasteiger partial charge in [-0.15, -0.1) is 0 Å². The van der Waals surface area contributed by atoms with Gasteiger partial charge in [-0.05, 0) is 25.1 Å². The number of hydrogen-bond acceptors (Lipinski definition) is 7. The zero-order chi connectivity index (χ0) is 18.7. The molecule has 26 heavy (non-hydrogen) atoms. The quantitative estimate of drug-likeness (QED) is 0.628. The van der Waals surface area contributed by atoms with Crippen LogP contribution in [-0.2, 0) is 9.53 Å². The Morgan fingerprint density at radius 3 is 2.88 bits per heavy atom. The fourth-order valence-electron chi connectivity index (χ4n) is 2.91. The number of nitrogens with zero attached hydrogens (tertiary/aromatic N) is 3. The lowest BCUT2D eigenvalue weighted by atomic mass is 9.94. The van der Waals surface area contributed by atoms with E-state index in [0.717, 1.165) is 0 Å². The van der Waals surface area contributed by atoms with E-state index >= 15 is 0 Å². The number of nitrogens with one attached hydrogen (secondary N) is 1. The van der Waals surface area contributed by atoms with Gasteiger partial charge in [0.25, 0.3) is 0 Å². The van der Waals surface area contributed by atoms with Gasteiger partial charge in [0, 0.05) is 11.3 Å². The second-order valence-electron chi connectivity index (χ2n) is 5.59. The molecular weight excluding hydrogens is 336 g/mol. The lowest BCUT2D eigenvalue weighted by Crippen LogP contribution is -2.30. The fraction of sp³-hybridized carbons (Fsp3) is 0.278. The van der Waals surface area contributed by atoms with Crippen LogP contribution in [0.1, 0.15) is 18.5 Å². The average molecular weight is 356 g/mol. The number of fused-ring (bicyclic) bond motifs is 1. The van der Waals surface area contributed by atoms with Crippen LogP contribution >= 0.6 is 0 Å². The molecule has 3 rings (SSSR count). The number of anilines is 1. The number of ether oxygens (including phenoxy) is 3. The number of benzene rings is 1. The highest BCUT2D eigenvalue weighted by Gasteiger charge is 2.36. The van der Waals surface area contributed by atoms with E-state index in [9.17, 15) is 4.79 Å². The molecule has 1 aliphatic rings. The molecule has 8 nitrogen and oxygen atoms in total. The van der Waals surface area contributed by atoms with Crippen molar-refractivity contribution in [3.05, 3.63) is 54.0 Å². The fourth-order valence-corrected chi connectivity index (χ4v) is 2.91. The summed E-state index contributed by atoms with van der Waals surface area (Å²) in [5, 5.41) is 7.36. The SMILES string of the molecule is C=CCOC(=O)C1=C(C)Nc2ncnn2C1c1cc(OC)ccc1OC. The summed E-state index contributed by atoms with van der Waals surface area (Å²) in [5.74, 6) is 1.29. The molecule has 0 saturated heterocycles. The Balaban J connectivity index is 2.18. The highest BCUT2D eigenvalue weighted by atomic mass is 16.5. The third-order valence-electron chi connectivity index (χ3n) is 4.08. The van der Waals surface area contributed by atoms with Crippen LogP contribution < -0.4 is 14.8 Å². The second-order valence-corrected chi connectivity index (χ2v) is 5.59. The van der Waals surface area contributed by atoms with Crippen molar-refractivity contribution in [2.24, 2.45) is 0 Å². The van der Waals surface area contributed by atoms with Crippen LogP contribution in [0.2, 0.25) is 0 Å². The maximum Gasteiger partial charge on any atom is 0.338 e. The molecule has 0 aliphatic carbocycles. The minimum absolute atomic E-state index is 0.113. The standard InChI is InChI=1S/C18H20N4O4/c1-5-8-26-17(23)15-11(2)21-18-19-10-20-22(18)16(15)13-9-12(24-3)6-7-14(13)25-4/h5-7,9-10,16H,1,8H2,2-4H3,(H,19,20,21). The van der Waals surface area contributed by atoms with Crippen LogP contribution in [0.5, 0.6) is 11.5 Å². The molecule has 1 N–H and O–H groups in total. The number of methoxy groups -OCH3 is 2. The first-order chi connectivity index (χ1) is 12.6. The van der Waals surface area contributed by atoms with Crippen molar-refractivity contribution in [3.63, 3.8) is 0 Å². The summed E-state index contributed by atoms with van der Waals surface area (Å²) in [6, 6.07) is 4.82. The highest BCUT2D eigenvalue weighted by molar-refractivity contribution is 5.92.